The molecule has 118 valence electrons. The first-order chi connectivity index (χ1) is 11.1. The van der Waals surface area contributed by atoms with Crippen LogP contribution in [0, 0.1) is 0 Å². The maximum Gasteiger partial charge on any atom is 0.250 e. The highest BCUT2D eigenvalue weighted by molar-refractivity contribution is 7.91. The lowest BCUT2D eigenvalue weighted by molar-refractivity contribution is 0.569. The molecular weight excluding hydrogens is 330 g/mol. The number of benzene rings is 1. The molecular formula is C16H15N3O2S2. The second kappa shape index (κ2) is 6.57. The zero-order valence-electron chi connectivity index (χ0n) is 12.4. The van der Waals surface area contributed by atoms with E-state index in [4.69, 9.17) is 0 Å². The van der Waals surface area contributed by atoms with Crippen molar-refractivity contribution in [2.24, 2.45) is 0 Å². The van der Waals surface area contributed by atoms with Gasteiger partial charge in [0.2, 0.25) is 0 Å². The molecule has 1 aromatic carbocycles. The van der Waals surface area contributed by atoms with E-state index in [2.05, 4.69) is 14.7 Å². The molecule has 1 N–H and O–H groups in total. The van der Waals surface area contributed by atoms with Crippen molar-refractivity contribution in [3.8, 4) is 11.1 Å². The molecule has 0 radical (unpaired) electrons. The molecule has 0 fully saturated rings. The first kappa shape index (κ1) is 15.8. The van der Waals surface area contributed by atoms with Crippen molar-refractivity contribution in [3.05, 3.63) is 66.1 Å². The lowest BCUT2D eigenvalue weighted by Gasteiger charge is -2.14. The molecule has 23 heavy (non-hydrogen) atoms. The van der Waals surface area contributed by atoms with Crippen LogP contribution in [0.1, 0.15) is 18.5 Å². The highest BCUT2D eigenvalue weighted by atomic mass is 32.2. The Balaban J connectivity index is 1.77. The second-order valence-corrected chi connectivity index (χ2v) is 7.91. The van der Waals surface area contributed by atoms with Crippen molar-refractivity contribution in [3.63, 3.8) is 0 Å². The molecule has 3 rings (SSSR count). The monoisotopic (exact) mass is 345 g/mol. The van der Waals surface area contributed by atoms with Crippen molar-refractivity contribution in [1.29, 1.82) is 0 Å². The van der Waals surface area contributed by atoms with Crippen LogP contribution in [0.2, 0.25) is 0 Å². The predicted molar refractivity (Wildman–Crippen MR) is 90.5 cm³/mol. The topological polar surface area (TPSA) is 72.0 Å². The minimum atomic E-state index is -3.48. The fourth-order valence-corrected chi connectivity index (χ4v) is 4.43. The Morgan fingerprint density at radius 1 is 1.04 bits per heavy atom. The van der Waals surface area contributed by atoms with Gasteiger partial charge in [0.15, 0.2) is 0 Å². The van der Waals surface area contributed by atoms with Gasteiger partial charge in [-0.15, -0.1) is 11.3 Å². The zero-order valence-corrected chi connectivity index (χ0v) is 14.0. The van der Waals surface area contributed by atoms with Crippen LogP contribution >= 0.6 is 11.3 Å². The van der Waals surface area contributed by atoms with Crippen molar-refractivity contribution in [1.82, 2.24) is 14.7 Å². The van der Waals surface area contributed by atoms with Crippen molar-refractivity contribution in [2.45, 2.75) is 17.2 Å². The number of sulfonamides is 1. The first-order valence-electron chi connectivity index (χ1n) is 6.97. The summed E-state index contributed by atoms with van der Waals surface area (Å²) in [6, 6.07) is 10.7. The summed E-state index contributed by atoms with van der Waals surface area (Å²) >= 11 is 1.20. The van der Waals surface area contributed by atoms with E-state index in [1.807, 2.05) is 31.2 Å². The van der Waals surface area contributed by atoms with Gasteiger partial charge >= 0.3 is 0 Å². The maximum absolute atomic E-state index is 12.2. The van der Waals surface area contributed by atoms with Crippen LogP contribution in [0.15, 0.2) is 64.7 Å². The van der Waals surface area contributed by atoms with Gasteiger partial charge in [-0.1, -0.05) is 30.3 Å². The Labute approximate surface area is 139 Å². The lowest BCUT2D eigenvalue weighted by atomic mass is 10.0. The molecule has 5 nitrogen and oxygen atoms in total. The summed E-state index contributed by atoms with van der Waals surface area (Å²) in [7, 11) is -3.48. The Morgan fingerprint density at radius 3 is 2.35 bits per heavy atom. The van der Waals surface area contributed by atoms with E-state index in [9.17, 15) is 8.42 Å². The molecule has 0 spiro atoms. The predicted octanol–water partition coefficient (Wildman–Crippen LogP) is 3.24. The quantitative estimate of drug-likeness (QED) is 0.770. The molecule has 0 bridgehead atoms. The van der Waals surface area contributed by atoms with E-state index in [0.29, 0.717) is 4.21 Å². The van der Waals surface area contributed by atoms with E-state index in [1.54, 1.807) is 29.9 Å². The molecule has 3 aromatic rings. The Morgan fingerprint density at radius 2 is 1.74 bits per heavy atom. The summed E-state index contributed by atoms with van der Waals surface area (Å²) in [5.74, 6) is 0. The zero-order chi connectivity index (χ0) is 16.3. The van der Waals surface area contributed by atoms with Crippen LogP contribution < -0.4 is 4.72 Å². The number of thiophene rings is 1. The molecule has 7 heteroatoms. The van der Waals surface area contributed by atoms with Gasteiger partial charge in [0.1, 0.15) is 10.5 Å². The SMILES string of the molecule is CC(NS(=O)(=O)c1cccs1)c1ccc(-c2cncnc2)cc1. The van der Waals surface area contributed by atoms with E-state index in [0.717, 1.165) is 16.7 Å². The summed E-state index contributed by atoms with van der Waals surface area (Å²) in [6.07, 6.45) is 4.97. The third-order valence-corrected chi connectivity index (χ3v) is 6.33. The minimum Gasteiger partial charge on any atom is -0.244 e. The van der Waals surface area contributed by atoms with Crippen LogP contribution in [-0.2, 0) is 10.0 Å². The van der Waals surface area contributed by atoms with Gasteiger partial charge in [-0.05, 0) is 29.5 Å². The molecule has 0 aliphatic heterocycles. The fourth-order valence-electron chi connectivity index (χ4n) is 2.19. The molecule has 0 aliphatic carbocycles. The highest BCUT2D eigenvalue weighted by Gasteiger charge is 2.19. The Kier molecular flexibility index (Phi) is 4.51. The molecule has 0 saturated heterocycles. The summed E-state index contributed by atoms with van der Waals surface area (Å²) in [5.41, 5.74) is 2.80. The summed E-state index contributed by atoms with van der Waals surface area (Å²) < 4.78 is 27.5. The van der Waals surface area contributed by atoms with Crippen LogP contribution in [-0.4, -0.2) is 18.4 Å². The third-order valence-electron chi connectivity index (χ3n) is 3.40. The van der Waals surface area contributed by atoms with Gasteiger partial charge < -0.3 is 0 Å². The standard InChI is InChI=1S/C16H15N3O2S2/c1-12(19-23(20,21)16-3-2-8-22-16)13-4-6-14(7-5-13)15-9-17-11-18-10-15/h2-12,19H,1H3. The second-order valence-electron chi connectivity index (χ2n) is 5.02. The number of hydrogen-bond acceptors (Lipinski definition) is 5. The van der Waals surface area contributed by atoms with Crippen LogP contribution in [0.5, 0.6) is 0 Å². The summed E-state index contributed by atoms with van der Waals surface area (Å²) in [4.78, 5) is 7.99. The van der Waals surface area contributed by atoms with E-state index in [1.165, 1.54) is 17.7 Å². The maximum atomic E-state index is 12.2. The smallest absolute Gasteiger partial charge is 0.244 e. The first-order valence-corrected chi connectivity index (χ1v) is 9.34. The number of rotatable bonds is 5. The average molecular weight is 345 g/mol. The summed E-state index contributed by atoms with van der Waals surface area (Å²) in [6.45, 7) is 1.83. The minimum absolute atomic E-state index is 0.317. The van der Waals surface area contributed by atoms with Gasteiger partial charge in [0.25, 0.3) is 10.0 Å². The number of nitrogens with zero attached hydrogens (tertiary/aromatic N) is 2. The normalized spacial score (nSPS) is 12.9. The molecule has 0 amide bonds. The number of aromatic nitrogens is 2. The van der Waals surface area contributed by atoms with Crippen LogP contribution in [0.3, 0.4) is 0 Å². The number of nitrogens with one attached hydrogen (secondary N) is 1. The largest absolute Gasteiger partial charge is 0.250 e. The molecule has 1 atom stereocenters. The van der Waals surface area contributed by atoms with Crippen LogP contribution in [0.4, 0.5) is 0 Å². The molecule has 1 unspecified atom stereocenters. The van der Waals surface area contributed by atoms with Crippen molar-refractivity contribution < 1.29 is 8.42 Å². The number of hydrogen-bond donors (Lipinski definition) is 1. The third kappa shape index (κ3) is 3.64. The molecule has 0 saturated carbocycles. The van der Waals surface area contributed by atoms with E-state index in [-0.39, 0.29) is 6.04 Å². The average Bonchev–Trinajstić information content (AvgIpc) is 3.11. The van der Waals surface area contributed by atoms with Crippen molar-refractivity contribution >= 4 is 21.4 Å². The van der Waals surface area contributed by atoms with Gasteiger partial charge in [0, 0.05) is 24.0 Å². The molecule has 2 aromatic heterocycles. The fraction of sp³-hybridized carbons (Fsp3) is 0.125. The highest BCUT2D eigenvalue weighted by Crippen LogP contribution is 2.23. The summed E-state index contributed by atoms with van der Waals surface area (Å²) in [5, 5.41) is 1.75. The van der Waals surface area contributed by atoms with E-state index >= 15 is 0 Å². The van der Waals surface area contributed by atoms with Gasteiger partial charge in [0.05, 0.1) is 0 Å². The lowest BCUT2D eigenvalue weighted by Crippen LogP contribution is -2.26. The molecule has 0 aliphatic rings. The van der Waals surface area contributed by atoms with Gasteiger partial charge in [-0.2, -0.15) is 0 Å². The van der Waals surface area contributed by atoms with Gasteiger partial charge in [-0.25, -0.2) is 23.1 Å². The molecule has 2 heterocycles. The Bertz CT molecular complexity index is 861. The van der Waals surface area contributed by atoms with Crippen LogP contribution in [0.25, 0.3) is 11.1 Å². The Hall–Kier alpha value is -2.09. The van der Waals surface area contributed by atoms with Crippen molar-refractivity contribution in [2.75, 3.05) is 0 Å². The van der Waals surface area contributed by atoms with E-state index < -0.39 is 10.0 Å². The van der Waals surface area contributed by atoms with Gasteiger partial charge in [-0.3, -0.25) is 0 Å².